The van der Waals surface area contributed by atoms with Gasteiger partial charge in [0.25, 0.3) is 5.91 Å². The van der Waals surface area contributed by atoms with E-state index in [0.717, 1.165) is 6.20 Å². The van der Waals surface area contributed by atoms with Gasteiger partial charge in [-0.25, -0.2) is 0 Å². The summed E-state index contributed by atoms with van der Waals surface area (Å²) in [5.74, 6) is -0.857. The van der Waals surface area contributed by atoms with Crippen LogP contribution in [0.1, 0.15) is 29.9 Å². The fourth-order valence-electron chi connectivity index (χ4n) is 1.08. The number of rotatable bonds is 3. The van der Waals surface area contributed by atoms with E-state index < -0.39 is 28.9 Å². The molecule has 0 spiro atoms. The normalized spacial score (nSPS) is 12.6. The minimum absolute atomic E-state index is 0.0638. The van der Waals surface area contributed by atoms with Gasteiger partial charge < -0.3 is 11.1 Å². The lowest BCUT2D eigenvalue weighted by molar-refractivity contribution is -0.141. The molecule has 1 aromatic rings. The van der Waals surface area contributed by atoms with Gasteiger partial charge in [-0.3, -0.25) is 9.89 Å². The zero-order chi connectivity index (χ0) is 13.3. The Labute approximate surface area is 95.6 Å². The number of hydrogen-bond acceptors (Lipinski definition) is 3. The maximum atomic E-state index is 12.4. The molecule has 0 saturated carbocycles. The number of carbonyl (C=O) groups is 1. The molecule has 0 atom stereocenters. The van der Waals surface area contributed by atoms with Gasteiger partial charge in [0.2, 0.25) is 0 Å². The molecule has 0 aliphatic heterocycles. The van der Waals surface area contributed by atoms with Crippen LogP contribution >= 0.6 is 0 Å². The molecule has 5 nitrogen and oxygen atoms in total. The average molecular weight is 250 g/mol. The quantitative estimate of drug-likeness (QED) is 0.745. The van der Waals surface area contributed by atoms with Crippen molar-refractivity contribution in [2.24, 2.45) is 5.73 Å². The highest BCUT2D eigenvalue weighted by Gasteiger charge is 2.37. The Hall–Kier alpha value is -1.57. The van der Waals surface area contributed by atoms with Crippen molar-refractivity contribution in [3.8, 4) is 0 Å². The second-order valence-electron chi connectivity index (χ2n) is 4.33. The van der Waals surface area contributed by atoms with Crippen LogP contribution in [0.3, 0.4) is 0 Å². The summed E-state index contributed by atoms with van der Waals surface area (Å²) in [5, 5.41) is 7.29. The van der Waals surface area contributed by atoms with E-state index in [1.807, 2.05) is 0 Å². The van der Waals surface area contributed by atoms with Gasteiger partial charge in [-0.05, 0) is 13.8 Å². The van der Waals surface area contributed by atoms with E-state index >= 15 is 0 Å². The van der Waals surface area contributed by atoms with E-state index in [-0.39, 0.29) is 6.54 Å². The Morgan fingerprint density at radius 3 is 2.59 bits per heavy atom. The Morgan fingerprint density at radius 2 is 2.12 bits per heavy atom. The number of carbonyl (C=O) groups excluding carboxylic acids is 1. The number of alkyl halides is 3. The number of halogens is 3. The molecule has 0 bridgehead atoms. The average Bonchev–Trinajstić information content (AvgIpc) is 2.60. The van der Waals surface area contributed by atoms with Gasteiger partial charge in [0.15, 0.2) is 5.69 Å². The molecule has 0 aliphatic rings. The van der Waals surface area contributed by atoms with Gasteiger partial charge in [-0.1, -0.05) is 0 Å². The van der Waals surface area contributed by atoms with E-state index in [1.54, 1.807) is 18.9 Å². The number of H-pyrrole nitrogens is 1. The Kier molecular flexibility index (Phi) is 3.46. The fraction of sp³-hybridized carbons (Fsp3) is 0.556. The molecule has 1 heterocycles. The third-order valence-corrected chi connectivity index (χ3v) is 1.87. The van der Waals surface area contributed by atoms with Crippen molar-refractivity contribution in [2.75, 3.05) is 6.54 Å². The molecule has 1 rings (SSSR count). The number of hydrogen-bond donors (Lipinski definition) is 3. The van der Waals surface area contributed by atoms with Crippen molar-refractivity contribution in [1.82, 2.24) is 15.5 Å². The maximum absolute atomic E-state index is 12.4. The van der Waals surface area contributed by atoms with E-state index in [1.165, 1.54) is 0 Å². The van der Waals surface area contributed by atoms with Gasteiger partial charge in [0.1, 0.15) is 0 Å². The number of aromatic nitrogens is 2. The zero-order valence-electron chi connectivity index (χ0n) is 9.35. The predicted octanol–water partition coefficient (Wildman–Crippen LogP) is 0.896. The lowest BCUT2D eigenvalue weighted by Crippen LogP contribution is -2.45. The molecule has 4 N–H and O–H groups in total. The molecule has 0 aromatic carbocycles. The van der Waals surface area contributed by atoms with Crippen LogP contribution in [0, 0.1) is 0 Å². The molecule has 8 heteroatoms. The highest BCUT2D eigenvalue weighted by molar-refractivity contribution is 5.95. The van der Waals surface area contributed by atoms with Crippen molar-refractivity contribution in [2.45, 2.75) is 25.6 Å². The second-order valence-corrected chi connectivity index (χ2v) is 4.33. The molecule has 0 unspecified atom stereocenters. The molecule has 17 heavy (non-hydrogen) atoms. The summed E-state index contributed by atoms with van der Waals surface area (Å²) in [5.41, 5.74) is 3.20. The van der Waals surface area contributed by atoms with Crippen LogP contribution in [0.5, 0.6) is 0 Å². The summed E-state index contributed by atoms with van der Waals surface area (Å²) in [6, 6.07) is 0. The summed E-state index contributed by atoms with van der Waals surface area (Å²) in [4.78, 5) is 11.5. The van der Waals surface area contributed by atoms with Crippen molar-refractivity contribution < 1.29 is 18.0 Å². The van der Waals surface area contributed by atoms with Crippen molar-refractivity contribution in [1.29, 1.82) is 0 Å². The standard InChI is InChI=1S/C9H13F3N4O/c1-8(2,13)4-14-7(17)5-3-15-16-6(5)9(10,11)12/h3H,4,13H2,1-2H3,(H,14,17)(H,15,16). The first-order valence-electron chi connectivity index (χ1n) is 4.79. The minimum Gasteiger partial charge on any atom is -0.350 e. The first-order chi connectivity index (χ1) is 7.61. The number of aromatic amines is 1. The van der Waals surface area contributed by atoms with Crippen LogP contribution in [-0.4, -0.2) is 28.2 Å². The van der Waals surface area contributed by atoms with Gasteiger partial charge in [-0.15, -0.1) is 0 Å². The van der Waals surface area contributed by atoms with Crippen molar-refractivity contribution in [3.63, 3.8) is 0 Å². The molecule has 1 amide bonds. The number of amides is 1. The smallest absolute Gasteiger partial charge is 0.350 e. The SMILES string of the molecule is CC(C)(N)CNC(=O)c1cn[nH]c1C(F)(F)F. The van der Waals surface area contributed by atoms with E-state index in [4.69, 9.17) is 5.73 Å². The fourth-order valence-corrected chi connectivity index (χ4v) is 1.08. The van der Waals surface area contributed by atoms with Crippen molar-refractivity contribution in [3.05, 3.63) is 17.5 Å². The van der Waals surface area contributed by atoms with E-state index in [2.05, 4.69) is 10.4 Å². The van der Waals surface area contributed by atoms with Gasteiger partial charge in [0, 0.05) is 12.1 Å². The molecular weight excluding hydrogens is 237 g/mol. The summed E-state index contributed by atoms with van der Waals surface area (Å²) >= 11 is 0. The Bertz CT molecular complexity index is 405. The number of nitrogens with zero attached hydrogens (tertiary/aromatic N) is 1. The minimum atomic E-state index is -4.64. The van der Waals surface area contributed by atoms with Crippen molar-refractivity contribution >= 4 is 5.91 Å². The van der Waals surface area contributed by atoms with Crippen LogP contribution in [0.25, 0.3) is 0 Å². The molecule has 1 aromatic heterocycles. The first-order valence-corrected chi connectivity index (χ1v) is 4.79. The monoisotopic (exact) mass is 250 g/mol. The van der Waals surface area contributed by atoms with Gasteiger partial charge in [0.05, 0.1) is 11.8 Å². The first kappa shape index (κ1) is 13.5. The van der Waals surface area contributed by atoms with Crippen LogP contribution in [0.4, 0.5) is 13.2 Å². The van der Waals surface area contributed by atoms with Gasteiger partial charge in [-0.2, -0.15) is 18.3 Å². The highest BCUT2D eigenvalue weighted by atomic mass is 19.4. The Morgan fingerprint density at radius 1 is 1.53 bits per heavy atom. The largest absolute Gasteiger partial charge is 0.433 e. The molecule has 0 aliphatic carbocycles. The third kappa shape index (κ3) is 3.74. The van der Waals surface area contributed by atoms with E-state index in [9.17, 15) is 18.0 Å². The van der Waals surface area contributed by atoms with Crippen LogP contribution in [-0.2, 0) is 6.18 Å². The third-order valence-electron chi connectivity index (χ3n) is 1.87. The molecular formula is C9H13F3N4O. The number of nitrogens with one attached hydrogen (secondary N) is 2. The molecule has 0 radical (unpaired) electrons. The Balaban J connectivity index is 2.81. The number of nitrogens with two attached hydrogens (primary N) is 1. The van der Waals surface area contributed by atoms with Crippen LogP contribution in [0.15, 0.2) is 6.20 Å². The predicted molar refractivity (Wildman–Crippen MR) is 54.2 cm³/mol. The van der Waals surface area contributed by atoms with Gasteiger partial charge >= 0.3 is 6.18 Å². The maximum Gasteiger partial charge on any atom is 0.433 e. The highest BCUT2D eigenvalue weighted by Crippen LogP contribution is 2.29. The van der Waals surface area contributed by atoms with Crippen LogP contribution in [0.2, 0.25) is 0 Å². The van der Waals surface area contributed by atoms with Crippen LogP contribution < -0.4 is 11.1 Å². The lowest BCUT2D eigenvalue weighted by atomic mass is 10.1. The van der Waals surface area contributed by atoms with E-state index in [0.29, 0.717) is 0 Å². The lowest BCUT2D eigenvalue weighted by Gasteiger charge is -2.18. The summed E-state index contributed by atoms with van der Waals surface area (Å²) in [6.07, 6.45) is -3.80. The summed E-state index contributed by atoms with van der Waals surface area (Å²) in [7, 11) is 0. The molecule has 96 valence electrons. The zero-order valence-corrected chi connectivity index (χ0v) is 9.35. The summed E-state index contributed by atoms with van der Waals surface area (Å²) in [6.45, 7) is 3.36. The summed E-state index contributed by atoms with van der Waals surface area (Å²) < 4.78 is 37.3. The second kappa shape index (κ2) is 4.36. The molecule has 0 fully saturated rings. The molecule has 0 saturated heterocycles. The topological polar surface area (TPSA) is 83.8 Å².